The normalized spacial score (nSPS) is 9.55. The Morgan fingerprint density at radius 1 is 1.55 bits per heavy atom. The summed E-state index contributed by atoms with van der Waals surface area (Å²) in [5, 5.41) is 0. The first kappa shape index (κ1) is 9.58. The quantitative estimate of drug-likeness (QED) is 0.488. The smallest absolute Gasteiger partial charge is 0.340 e. The second-order valence-corrected chi connectivity index (χ2v) is 2.28. The summed E-state index contributed by atoms with van der Waals surface area (Å²) in [4.78, 5) is 4.26. The van der Waals surface area contributed by atoms with Gasteiger partial charge in [0.25, 0.3) is 0 Å². The van der Waals surface area contributed by atoms with Crippen LogP contribution in [0.4, 0.5) is 0 Å². The summed E-state index contributed by atoms with van der Waals surface area (Å²) in [5.41, 5.74) is 2.02. The van der Waals surface area contributed by atoms with Gasteiger partial charge in [-0.05, 0) is 6.92 Å². The number of hydrogen-bond donors (Lipinski definition) is 0. The van der Waals surface area contributed by atoms with Gasteiger partial charge in [-0.1, -0.05) is 6.20 Å². The van der Waals surface area contributed by atoms with Crippen LogP contribution in [0.25, 0.3) is 5.65 Å². The molecule has 50 valence electrons. The summed E-state index contributed by atoms with van der Waals surface area (Å²) < 4.78 is 1.95. The Labute approximate surface area is 114 Å². The zero-order valence-corrected chi connectivity index (χ0v) is 11.6. The Bertz CT molecular complexity index is 321. The molecule has 0 bridgehead atoms. The van der Waals surface area contributed by atoms with E-state index in [4.69, 9.17) is 0 Å². The van der Waals surface area contributed by atoms with Crippen LogP contribution in [0.15, 0.2) is 24.5 Å². The van der Waals surface area contributed by atoms with Crippen LogP contribution < -0.4 is 58.2 Å². The van der Waals surface area contributed by atoms with Gasteiger partial charge in [0.05, 0.1) is 11.3 Å². The van der Waals surface area contributed by atoms with Gasteiger partial charge in [0, 0.05) is 6.20 Å². The first-order valence-electron chi connectivity index (χ1n) is 3.18. The van der Waals surface area contributed by atoms with E-state index < -0.39 is 0 Å². The second-order valence-electron chi connectivity index (χ2n) is 2.28. The third-order valence-corrected chi connectivity index (χ3v) is 1.42. The van der Waals surface area contributed by atoms with Gasteiger partial charge in [0.15, 0.2) is 0 Å². The molecule has 0 spiro atoms. The van der Waals surface area contributed by atoms with E-state index in [1.807, 2.05) is 35.9 Å². The fraction of sp³-hybridized carbons (Fsp3) is 0.125. The van der Waals surface area contributed by atoms with Crippen LogP contribution in [0.3, 0.4) is 0 Å². The van der Waals surface area contributed by atoms with Crippen LogP contribution >= 0.6 is 0 Å². The van der Waals surface area contributed by atoms with Crippen molar-refractivity contribution in [2.45, 2.75) is 6.92 Å². The monoisotopic (exact) mass is 216 g/mol. The second kappa shape index (κ2) is 3.94. The van der Waals surface area contributed by atoms with Crippen molar-refractivity contribution in [1.82, 2.24) is 9.38 Å². The maximum atomic E-state index is 4.26. The molecule has 11 heavy (non-hydrogen) atoms. The minimum absolute atomic E-state index is 0. The molecule has 0 atom stereocenters. The number of pyridine rings is 1. The van der Waals surface area contributed by atoms with Crippen molar-refractivity contribution >= 4 is 5.65 Å². The van der Waals surface area contributed by atoms with E-state index >= 15 is 0 Å². The first-order chi connectivity index (χ1) is 4.86. The molecular weight excluding hydrogens is 210 g/mol. The number of nitrogens with zero attached hydrogens (tertiary/aromatic N) is 2. The molecule has 3 heteroatoms. The molecule has 0 saturated carbocycles. The molecule has 0 N–H and O–H groups in total. The Balaban J connectivity index is 0.000000605. The standard InChI is InChI=1S/C8H7N2.Rb/c1-7-6-10-5-3-2-4-8(10)9-7;/h2,4-6H,1H3;/q-1;+1. The number of aryl methyl sites for hydroxylation is 1. The summed E-state index contributed by atoms with van der Waals surface area (Å²) in [5.74, 6) is 0. The van der Waals surface area contributed by atoms with Gasteiger partial charge in [0.1, 0.15) is 0 Å². The van der Waals surface area contributed by atoms with Gasteiger partial charge in [-0.2, -0.15) is 6.07 Å². The molecule has 0 amide bonds. The molecule has 0 unspecified atom stereocenters. The molecule has 0 aliphatic carbocycles. The zero-order valence-electron chi connectivity index (χ0n) is 6.70. The molecular formula is C8H7N2Rb. The van der Waals surface area contributed by atoms with Crippen molar-refractivity contribution in [1.29, 1.82) is 0 Å². The molecule has 0 radical (unpaired) electrons. The molecule has 0 aliphatic heterocycles. The summed E-state index contributed by atoms with van der Waals surface area (Å²) in [7, 11) is 0. The SMILES string of the molecule is Cc1cn2c[c-]ccc2n1.[Rb+]. The molecule has 0 aromatic carbocycles. The Morgan fingerprint density at radius 2 is 2.36 bits per heavy atom. The topological polar surface area (TPSA) is 17.3 Å². The van der Waals surface area contributed by atoms with Gasteiger partial charge >= 0.3 is 58.2 Å². The van der Waals surface area contributed by atoms with Crippen LogP contribution in [0.5, 0.6) is 0 Å². The van der Waals surface area contributed by atoms with Crippen LogP contribution in [0, 0.1) is 13.0 Å². The van der Waals surface area contributed by atoms with Crippen molar-refractivity contribution in [3.05, 3.63) is 36.3 Å². The summed E-state index contributed by atoms with van der Waals surface area (Å²) in [6, 6.07) is 6.77. The van der Waals surface area contributed by atoms with E-state index in [9.17, 15) is 0 Å². The third kappa shape index (κ3) is 1.99. The maximum absolute atomic E-state index is 4.26. The van der Waals surface area contributed by atoms with Crippen molar-refractivity contribution in [3.63, 3.8) is 0 Å². The minimum Gasteiger partial charge on any atom is -0.340 e. The number of hydrogen-bond acceptors (Lipinski definition) is 1. The molecule has 2 aromatic rings. The third-order valence-electron chi connectivity index (χ3n) is 1.42. The van der Waals surface area contributed by atoms with Gasteiger partial charge in [-0.3, -0.25) is 4.98 Å². The van der Waals surface area contributed by atoms with Crippen LogP contribution in [-0.4, -0.2) is 9.38 Å². The van der Waals surface area contributed by atoms with Crippen molar-refractivity contribution in [2.75, 3.05) is 0 Å². The van der Waals surface area contributed by atoms with E-state index in [1.54, 1.807) is 0 Å². The van der Waals surface area contributed by atoms with Gasteiger partial charge in [-0.15, -0.1) is 0 Å². The summed E-state index contributed by atoms with van der Waals surface area (Å²) in [6.07, 6.45) is 3.85. The molecule has 2 nitrogen and oxygen atoms in total. The van der Waals surface area contributed by atoms with Gasteiger partial charge < -0.3 is 4.40 Å². The largest absolute Gasteiger partial charge is 1.00 e. The van der Waals surface area contributed by atoms with E-state index in [0.29, 0.717) is 0 Å². The fourth-order valence-electron chi connectivity index (χ4n) is 1.01. The van der Waals surface area contributed by atoms with Crippen molar-refractivity contribution in [2.24, 2.45) is 0 Å². The van der Waals surface area contributed by atoms with E-state index in [0.717, 1.165) is 11.3 Å². The Kier molecular flexibility index (Phi) is 3.43. The average Bonchev–Trinajstić information content (AvgIpc) is 2.27. The van der Waals surface area contributed by atoms with Gasteiger partial charge in [-0.25, -0.2) is 12.1 Å². The molecule has 2 heterocycles. The predicted molar refractivity (Wildman–Crippen MR) is 38.8 cm³/mol. The Hall–Kier alpha value is 0.495. The van der Waals surface area contributed by atoms with Crippen LogP contribution in [0.1, 0.15) is 5.69 Å². The minimum atomic E-state index is 0. The fourth-order valence-corrected chi connectivity index (χ4v) is 1.01. The average molecular weight is 217 g/mol. The van der Waals surface area contributed by atoms with E-state index in [-0.39, 0.29) is 58.2 Å². The maximum Gasteiger partial charge on any atom is 1.00 e. The Morgan fingerprint density at radius 3 is 3.09 bits per heavy atom. The van der Waals surface area contributed by atoms with Crippen LogP contribution in [-0.2, 0) is 0 Å². The van der Waals surface area contributed by atoms with E-state index in [2.05, 4.69) is 11.1 Å². The zero-order chi connectivity index (χ0) is 6.97. The van der Waals surface area contributed by atoms with E-state index in [1.165, 1.54) is 0 Å². The first-order valence-corrected chi connectivity index (χ1v) is 3.18. The summed E-state index contributed by atoms with van der Waals surface area (Å²) in [6.45, 7) is 1.98. The number of imidazole rings is 1. The molecule has 0 fully saturated rings. The molecule has 0 saturated heterocycles. The number of aromatic nitrogens is 2. The molecule has 2 rings (SSSR count). The predicted octanol–water partition coefficient (Wildman–Crippen LogP) is -1.55. The van der Waals surface area contributed by atoms with Crippen molar-refractivity contribution < 1.29 is 58.2 Å². The van der Waals surface area contributed by atoms with Gasteiger partial charge in [0.2, 0.25) is 0 Å². The molecule has 2 aromatic heterocycles. The van der Waals surface area contributed by atoms with Crippen LogP contribution in [0.2, 0.25) is 0 Å². The number of rotatable bonds is 0. The molecule has 0 aliphatic rings. The number of fused-ring (bicyclic) bond motifs is 1. The van der Waals surface area contributed by atoms with Crippen molar-refractivity contribution in [3.8, 4) is 0 Å². The summed E-state index contributed by atoms with van der Waals surface area (Å²) >= 11 is 0.